The van der Waals surface area contributed by atoms with Crippen LogP contribution in [-0.4, -0.2) is 52.6 Å². The fraction of sp³-hybridized carbons (Fsp3) is 0.727. The first-order valence-corrected chi connectivity index (χ1v) is 6.52. The topological polar surface area (TPSA) is 101 Å². The van der Waals surface area contributed by atoms with E-state index in [-0.39, 0.29) is 0 Å². The minimum atomic E-state index is 0.290. The second-order valence-corrected chi connectivity index (χ2v) is 4.65. The van der Waals surface area contributed by atoms with Crippen LogP contribution in [-0.2, 0) is 0 Å². The lowest BCUT2D eigenvalue weighted by Gasteiger charge is -2.13. The zero-order chi connectivity index (χ0) is 13.7. The van der Waals surface area contributed by atoms with Gasteiger partial charge in [-0.15, -0.1) is 0 Å². The Morgan fingerprint density at radius 3 is 2.79 bits per heavy atom. The van der Waals surface area contributed by atoms with Crippen molar-refractivity contribution in [2.75, 3.05) is 37.5 Å². The average Bonchev–Trinajstić information content (AvgIpc) is 2.81. The number of nitrogens with zero attached hydrogens (tertiary/aromatic N) is 4. The Labute approximate surface area is 112 Å². The van der Waals surface area contributed by atoms with Crippen LogP contribution < -0.4 is 21.3 Å². The molecule has 4 N–H and O–H groups in total. The summed E-state index contributed by atoms with van der Waals surface area (Å²) in [5.74, 6) is 6.15. The van der Waals surface area contributed by atoms with E-state index in [4.69, 9.17) is 10.6 Å². The molecule has 8 nitrogen and oxygen atoms in total. The van der Waals surface area contributed by atoms with E-state index in [1.807, 2.05) is 6.92 Å². The van der Waals surface area contributed by atoms with Crippen LogP contribution in [0.4, 0.5) is 11.9 Å². The van der Waals surface area contributed by atoms with Gasteiger partial charge in [-0.2, -0.15) is 15.0 Å². The largest absolute Gasteiger partial charge is 0.463 e. The highest BCUT2D eigenvalue weighted by Gasteiger charge is 2.20. The molecule has 0 aromatic carbocycles. The van der Waals surface area contributed by atoms with E-state index in [2.05, 4.69) is 37.6 Å². The third-order valence-electron chi connectivity index (χ3n) is 2.90. The Kier molecular flexibility index (Phi) is 4.69. The Morgan fingerprint density at radius 1 is 1.37 bits per heavy atom. The first-order valence-electron chi connectivity index (χ1n) is 6.52. The van der Waals surface area contributed by atoms with E-state index in [1.165, 1.54) is 0 Å². The molecular weight excluding hydrogens is 246 g/mol. The van der Waals surface area contributed by atoms with Gasteiger partial charge in [-0.1, -0.05) is 6.92 Å². The number of likely N-dealkylation sites (N-methyl/N-ethyl adjacent to an activating group) is 1. The van der Waals surface area contributed by atoms with Crippen molar-refractivity contribution in [2.45, 2.75) is 25.8 Å². The molecule has 0 saturated carbocycles. The molecule has 1 aromatic rings. The standard InChI is InChI=1S/C11H21N7O/c1-3-6-19-11-15-9(14-10(16-11)17-12)13-8-4-5-18(2)7-8/h8H,3-7,12H2,1-2H3,(H2,13,14,15,16,17). The van der Waals surface area contributed by atoms with Crippen molar-refractivity contribution in [2.24, 2.45) is 5.84 Å². The molecule has 1 atom stereocenters. The van der Waals surface area contributed by atoms with Gasteiger partial charge < -0.3 is 15.0 Å². The van der Waals surface area contributed by atoms with Gasteiger partial charge in [0.05, 0.1) is 6.61 Å². The Balaban J connectivity index is 2.05. The quantitative estimate of drug-likeness (QED) is 0.491. The van der Waals surface area contributed by atoms with Crippen molar-refractivity contribution in [3.8, 4) is 6.01 Å². The van der Waals surface area contributed by atoms with Crippen LogP contribution >= 0.6 is 0 Å². The highest BCUT2D eigenvalue weighted by Crippen LogP contribution is 2.15. The summed E-state index contributed by atoms with van der Waals surface area (Å²) in [5, 5.41) is 3.28. The molecule has 1 aromatic heterocycles. The Morgan fingerprint density at radius 2 is 2.16 bits per heavy atom. The molecule has 1 fully saturated rings. The molecule has 0 amide bonds. The molecule has 1 aliphatic rings. The molecule has 19 heavy (non-hydrogen) atoms. The van der Waals surface area contributed by atoms with Crippen molar-refractivity contribution in [3.63, 3.8) is 0 Å². The van der Waals surface area contributed by atoms with Crippen molar-refractivity contribution in [1.82, 2.24) is 19.9 Å². The van der Waals surface area contributed by atoms with E-state index in [0.29, 0.717) is 30.6 Å². The number of nitrogen functional groups attached to an aromatic ring is 1. The van der Waals surface area contributed by atoms with Gasteiger partial charge in [0.25, 0.3) is 0 Å². The number of nitrogens with two attached hydrogens (primary N) is 1. The van der Waals surface area contributed by atoms with Crippen LogP contribution in [0.2, 0.25) is 0 Å². The summed E-state index contributed by atoms with van der Waals surface area (Å²) in [4.78, 5) is 14.7. The number of nitrogens with one attached hydrogen (secondary N) is 2. The molecule has 2 rings (SSSR count). The molecule has 1 aliphatic heterocycles. The summed E-state index contributed by atoms with van der Waals surface area (Å²) >= 11 is 0. The van der Waals surface area contributed by atoms with Crippen LogP contribution in [0.25, 0.3) is 0 Å². The number of anilines is 2. The fourth-order valence-electron chi connectivity index (χ4n) is 1.98. The normalized spacial score (nSPS) is 19.4. The van der Waals surface area contributed by atoms with E-state index in [9.17, 15) is 0 Å². The first kappa shape index (κ1) is 13.8. The lowest BCUT2D eigenvalue weighted by molar-refractivity contribution is 0.292. The molecule has 0 radical (unpaired) electrons. The monoisotopic (exact) mass is 267 g/mol. The summed E-state index contributed by atoms with van der Waals surface area (Å²) in [6.07, 6.45) is 1.96. The second kappa shape index (κ2) is 6.48. The van der Waals surface area contributed by atoms with Gasteiger partial charge in [0.1, 0.15) is 0 Å². The minimum absolute atomic E-state index is 0.290. The lowest BCUT2D eigenvalue weighted by atomic mass is 10.3. The summed E-state index contributed by atoms with van der Waals surface area (Å²) in [6, 6.07) is 0.635. The predicted octanol–water partition coefficient (Wildman–Crippen LogP) is 0.0620. The molecule has 1 unspecified atom stereocenters. The van der Waals surface area contributed by atoms with Crippen molar-refractivity contribution >= 4 is 11.9 Å². The van der Waals surface area contributed by atoms with E-state index in [0.717, 1.165) is 25.9 Å². The lowest BCUT2D eigenvalue weighted by Crippen LogP contribution is -2.25. The fourth-order valence-corrected chi connectivity index (χ4v) is 1.98. The van der Waals surface area contributed by atoms with Gasteiger partial charge in [-0.25, -0.2) is 5.84 Å². The molecule has 1 saturated heterocycles. The smallest absolute Gasteiger partial charge is 0.323 e. The maximum absolute atomic E-state index is 5.42. The number of hydrazine groups is 1. The summed E-state index contributed by atoms with van der Waals surface area (Å²) in [5.41, 5.74) is 2.43. The van der Waals surface area contributed by atoms with Crippen LogP contribution in [0.5, 0.6) is 6.01 Å². The molecule has 2 heterocycles. The molecular formula is C11H21N7O. The van der Waals surface area contributed by atoms with Gasteiger partial charge >= 0.3 is 6.01 Å². The van der Waals surface area contributed by atoms with Gasteiger partial charge in [0.15, 0.2) is 0 Å². The number of hydrogen-bond acceptors (Lipinski definition) is 8. The molecule has 106 valence electrons. The zero-order valence-electron chi connectivity index (χ0n) is 11.4. The zero-order valence-corrected chi connectivity index (χ0v) is 11.4. The predicted molar refractivity (Wildman–Crippen MR) is 72.9 cm³/mol. The van der Waals surface area contributed by atoms with Gasteiger partial charge in [-0.3, -0.25) is 5.43 Å². The number of rotatable bonds is 6. The number of hydrogen-bond donors (Lipinski definition) is 3. The van der Waals surface area contributed by atoms with Crippen LogP contribution in [0, 0.1) is 0 Å². The third-order valence-corrected chi connectivity index (χ3v) is 2.90. The highest BCUT2D eigenvalue weighted by molar-refractivity contribution is 5.36. The van der Waals surface area contributed by atoms with Crippen molar-refractivity contribution in [3.05, 3.63) is 0 Å². The summed E-state index contributed by atoms with van der Waals surface area (Å²) in [7, 11) is 2.09. The number of aromatic nitrogens is 3. The Hall–Kier alpha value is -1.67. The first-order chi connectivity index (χ1) is 9.21. The second-order valence-electron chi connectivity index (χ2n) is 4.65. The summed E-state index contributed by atoms with van der Waals surface area (Å²) < 4.78 is 5.42. The highest BCUT2D eigenvalue weighted by atomic mass is 16.5. The van der Waals surface area contributed by atoms with Crippen LogP contribution in [0.3, 0.4) is 0 Å². The number of ether oxygens (including phenoxy) is 1. The Bertz CT molecular complexity index is 414. The average molecular weight is 267 g/mol. The molecule has 8 heteroatoms. The van der Waals surface area contributed by atoms with Crippen LogP contribution in [0.1, 0.15) is 19.8 Å². The molecule has 0 spiro atoms. The van der Waals surface area contributed by atoms with Gasteiger partial charge in [0, 0.05) is 12.6 Å². The van der Waals surface area contributed by atoms with E-state index >= 15 is 0 Å². The minimum Gasteiger partial charge on any atom is -0.463 e. The SMILES string of the molecule is CCCOc1nc(NN)nc(NC2CCN(C)C2)n1. The third kappa shape index (κ3) is 3.90. The number of likely N-dealkylation sites (tertiary alicyclic amines) is 1. The molecule has 0 aliphatic carbocycles. The maximum atomic E-state index is 5.42. The van der Waals surface area contributed by atoms with Gasteiger partial charge in [-0.05, 0) is 26.4 Å². The van der Waals surface area contributed by atoms with Crippen LogP contribution in [0.15, 0.2) is 0 Å². The van der Waals surface area contributed by atoms with E-state index in [1.54, 1.807) is 0 Å². The molecule has 0 bridgehead atoms. The van der Waals surface area contributed by atoms with E-state index < -0.39 is 0 Å². The van der Waals surface area contributed by atoms with Crippen molar-refractivity contribution < 1.29 is 4.74 Å². The summed E-state index contributed by atoms with van der Waals surface area (Å²) in [6.45, 7) is 4.64. The van der Waals surface area contributed by atoms with Gasteiger partial charge in [0.2, 0.25) is 11.9 Å². The maximum Gasteiger partial charge on any atom is 0.323 e. The van der Waals surface area contributed by atoms with Crippen molar-refractivity contribution in [1.29, 1.82) is 0 Å².